The zero-order chi connectivity index (χ0) is 37.7. The molecule has 0 amide bonds. The molecule has 268 valence electrons. The summed E-state index contributed by atoms with van der Waals surface area (Å²) in [6.07, 6.45) is 0.949. The lowest BCUT2D eigenvalue weighted by atomic mass is 9.60. The van der Waals surface area contributed by atoms with Crippen LogP contribution in [0.4, 0.5) is 17.1 Å². The van der Waals surface area contributed by atoms with E-state index < -0.39 is 5.41 Å². The Hall–Kier alpha value is -6.74. The number of thiophene rings is 1. The summed E-state index contributed by atoms with van der Waals surface area (Å²) >= 11 is 1.87. The number of aryl methyl sites for hydroxylation is 1. The average molecular weight is 744 g/mol. The van der Waals surface area contributed by atoms with Gasteiger partial charge in [-0.3, -0.25) is 0 Å². The fraction of sp³-hybridized carbons (Fsp3) is 0.0545. The molecule has 1 aromatic heterocycles. The predicted octanol–water partition coefficient (Wildman–Crippen LogP) is 15.3. The summed E-state index contributed by atoms with van der Waals surface area (Å²) in [5.74, 6) is 0. The van der Waals surface area contributed by atoms with Gasteiger partial charge in [0.1, 0.15) is 0 Å². The average Bonchev–Trinajstić information content (AvgIpc) is 3.80. The highest BCUT2D eigenvalue weighted by Crippen LogP contribution is 2.63. The molecule has 2 aliphatic carbocycles. The van der Waals surface area contributed by atoms with E-state index in [2.05, 4.69) is 206 Å². The summed E-state index contributed by atoms with van der Waals surface area (Å²) in [6, 6.07) is 72.9. The molecular formula is C55H37NS. The van der Waals surface area contributed by atoms with Gasteiger partial charge in [-0.15, -0.1) is 11.3 Å². The topological polar surface area (TPSA) is 3.24 Å². The summed E-state index contributed by atoms with van der Waals surface area (Å²) in [6.45, 7) is 2.32. The van der Waals surface area contributed by atoms with Crippen molar-refractivity contribution >= 4 is 59.3 Å². The molecule has 2 heteroatoms. The summed E-state index contributed by atoms with van der Waals surface area (Å²) in [5, 5.41) is 5.25. The van der Waals surface area contributed by atoms with Crippen LogP contribution in [0.15, 0.2) is 194 Å². The zero-order valence-corrected chi connectivity index (χ0v) is 32.4. The molecule has 57 heavy (non-hydrogen) atoms. The molecule has 10 aromatic rings. The van der Waals surface area contributed by atoms with E-state index in [4.69, 9.17) is 0 Å². The van der Waals surface area contributed by atoms with Crippen molar-refractivity contribution in [2.24, 2.45) is 0 Å². The largest absolute Gasteiger partial charge is 0.309 e. The normalized spacial score (nSPS) is 14.9. The van der Waals surface area contributed by atoms with Crippen molar-refractivity contribution in [3.63, 3.8) is 0 Å². The van der Waals surface area contributed by atoms with Gasteiger partial charge >= 0.3 is 0 Å². The fourth-order valence-electron chi connectivity index (χ4n) is 10.4. The van der Waals surface area contributed by atoms with Crippen molar-refractivity contribution in [2.45, 2.75) is 18.8 Å². The third-order valence-electron chi connectivity index (χ3n) is 12.6. The van der Waals surface area contributed by atoms with Crippen molar-refractivity contribution < 1.29 is 0 Å². The van der Waals surface area contributed by atoms with Gasteiger partial charge in [0.15, 0.2) is 0 Å². The maximum absolute atomic E-state index is 2.55. The highest BCUT2D eigenvalue weighted by molar-refractivity contribution is 7.26. The van der Waals surface area contributed by atoms with E-state index in [0.717, 1.165) is 17.8 Å². The van der Waals surface area contributed by atoms with E-state index in [9.17, 15) is 0 Å². The van der Waals surface area contributed by atoms with E-state index in [-0.39, 0.29) is 0 Å². The molecule has 1 nitrogen and oxygen atoms in total. The number of rotatable bonds is 5. The number of hydrogen-bond acceptors (Lipinski definition) is 2. The number of hydrogen-bond donors (Lipinski definition) is 0. The molecule has 2 aliphatic rings. The second kappa shape index (κ2) is 12.4. The van der Waals surface area contributed by atoms with Crippen LogP contribution >= 0.6 is 11.3 Å². The maximum Gasteiger partial charge on any atom is 0.0729 e. The van der Waals surface area contributed by atoms with E-state index >= 15 is 0 Å². The second-order valence-electron chi connectivity index (χ2n) is 15.4. The van der Waals surface area contributed by atoms with E-state index in [1.165, 1.54) is 97.8 Å². The van der Waals surface area contributed by atoms with Crippen LogP contribution in [0.25, 0.3) is 64.3 Å². The minimum atomic E-state index is -0.510. The molecule has 0 saturated carbocycles. The summed E-state index contributed by atoms with van der Waals surface area (Å²) in [4.78, 5) is 2.55. The molecule has 1 heterocycles. The number of para-hydroxylation sites is 1. The van der Waals surface area contributed by atoms with Crippen LogP contribution in [0.5, 0.6) is 0 Å². The van der Waals surface area contributed by atoms with Crippen LogP contribution in [0.3, 0.4) is 0 Å². The van der Waals surface area contributed by atoms with Gasteiger partial charge < -0.3 is 4.90 Å². The Morgan fingerprint density at radius 3 is 1.91 bits per heavy atom. The summed E-state index contributed by atoms with van der Waals surface area (Å²) in [7, 11) is 0. The molecule has 0 aliphatic heterocycles. The number of fused-ring (bicyclic) bond motifs is 12. The molecule has 1 spiro atoms. The van der Waals surface area contributed by atoms with Gasteiger partial charge in [-0.25, -0.2) is 0 Å². The monoisotopic (exact) mass is 743 g/mol. The smallest absolute Gasteiger partial charge is 0.0729 e. The van der Waals surface area contributed by atoms with Crippen LogP contribution < -0.4 is 4.90 Å². The number of anilines is 3. The van der Waals surface area contributed by atoms with Gasteiger partial charge in [0, 0.05) is 31.4 Å². The molecule has 1 unspecified atom stereocenters. The Morgan fingerprint density at radius 2 is 1.09 bits per heavy atom. The van der Waals surface area contributed by atoms with Crippen LogP contribution in [0.1, 0.15) is 34.7 Å². The molecule has 0 radical (unpaired) electrons. The fourth-order valence-corrected chi connectivity index (χ4v) is 11.5. The predicted molar refractivity (Wildman–Crippen MR) is 243 cm³/mol. The molecule has 0 bridgehead atoms. The SMILES string of the molecule is CCc1ccc2cccc3c2c1C1(c2ccccc2-c2ccc(N(c4ccccc4-c4ccccc4)c4cccc5sc6ccccc6c45)cc21)c1ccccc1-3. The van der Waals surface area contributed by atoms with Gasteiger partial charge in [0.25, 0.3) is 0 Å². The van der Waals surface area contributed by atoms with Gasteiger partial charge in [0.2, 0.25) is 0 Å². The van der Waals surface area contributed by atoms with Crippen molar-refractivity contribution in [3.05, 3.63) is 222 Å². The molecule has 0 saturated heterocycles. The lowest BCUT2D eigenvalue weighted by Gasteiger charge is -2.41. The molecule has 9 aromatic carbocycles. The summed E-state index contributed by atoms with van der Waals surface area (Å²) < 4.78 is 2.59. The molecular weight excluding hydrogens is 707 g/mol. The Morgan fingerprint density at radius 1 is 0.456 bits per heavy atom. The van der Waals surface area contributed by atoms with E-state index in [1.807, 2.05) is 11.3 Å². The maximum atomic E-state index is 2.55. The van der Waals surface area contributed by atoms with Crippen molar-refractivity contribution in [3.8, 4) is 33.4 Å². The van der Waals surface area contributed by atoms with Crippen LogP contribution in [0.2, 0.25) is 0 Å². The molecule has 1 atom stereocenters. The van der Waals surface area contributed by atoms with Gasteiger partial charge in [0.05, 0.1) is 16.8 Å². The quantitative estimate of drug-likeness (QED) is 0.170. The Kier molecular flexibility index (Phi) is 7.06. The van der Waals surface area contributed by atoms with Crippen molar-refractivity contribution in [2.75, 3.05) is 4.90 Å². The first kappa shape index (κ1) is 32.5. The zero-order valence-electron chi connectivity index (χ0n) is 31.5. The van der Waals surface area contributed by atoms with Crippen molar-refractivity contribution in [1.82, 2.24) is 0 Å². The lowest BCUT2D eigenvalue weighted by molar-refractivity contribution is 0.759. The first-order chi connectivity index (χ1) is 28.3. The third-order valence-corrected chi connectivity index (χ3v) is 13.8. The second-order valence-corrected chi connectivity index (χ2v) is 16.5. The van der Waals surface area contributed by atoms with E-state index in [1.54, 1.807) is 0 Å². The molecule has 12 rings (SSSR count). The number of benzene rings is 9. The van der Waals surface area contributed by atoms with Gasteiger partial charge in [-0.2, -0.15) is 0 Å². The van der Waals surface area contributed by atoms with E-state index in [0.29, 0.717) is 0 Å². The Bertz CT molecular complexity index is 3240. The lowest BCUT2D eigenvalue weighted by Crippen LogP contribution is -2.33. The molecule has 0 N–H and O–H groups in total. The van der Waals surface area contributed by atoms with Gasteiger partial charge in [-0.1, -0.05) is 165 Å². The first-order valence-electron chi connectivity index (χ1n) is 20.0. The van der Waals surface area contributed by atoms with Gasteiger partial charge in [-0.05, 0) is 109 Å². The third kappa shape index (κ3) is 4.45. The Balaban J connectivity index is 1.22. The summed E-state index contributed by atoms with van der Waals surface area (Å²) in [5.41, 5.74) is 17.5. The highest BCUT2D eigenvalue weighted by atomic mass is 32.1. The minimum absolute atomic E-state index is 0.510. The first-order valence-corrected chi connectivity index (χ1v) is 20.8. The standard InChI is InChI=1S/C55H37NS/c1-2-35-30-31-37-18-14-23-43-41-21-7-11-25-46(41)55(54(35)52(37)43)45-24-10-6-20-40(45)42-33-32-38(34-47(42)55)56(48-26-12-8-19-39(48)36-16-4-3-5-17-36)49-27-15-29-51-53(49)44-22-9-13-28-50(44)57-51/h3-34H,2H2,1H3. The minimum Gasteiger partial charge on any atom is -0.309 e. The van der Waals surface area contributed by atoms with Crippen LogP contribution in [0, 0.1) is 0 Å². The number of nitrogens with zero attached hydrogens (tertiary/aromatic N) is 1. The Labute approximate surface area is 336 Å². The highest BCUT2D eigenvalue weighted by Gasteiger charge is 2.51. The van der Waals surface area contributed by atoms with Crippen LogP contribution in [-0.2, 0) is 11.8 Å². The van der Waals surface area contributed by atoms with Crippen molar-refractivity contribution in [1.29, 1.82) is 0 Å². The van der Waals surface area contributed by atoms with Crippen LogP contribution in [-0.4, -0.2) is 0 Å². The molecule has 0 fully saturated rings.